The summed E-state index contributed by atoms with van der Waals surface area (Å²) in [5.74, 6) is 0.972. The molecule has 4 heteroatoms. The van der Waals surface area contributed by atoms with Gasteiger partial charge in [0, 0.05) is 24.5 Å². The first-order valence-corrected chi connectivity index (χ1v) is 10.1. The number of ketones is 1. The van der Waals surface area contributed by atoms with Gasteiger partial charge in [-0.2, -0.15) is 0 Å². The summed E-state index contributed by atoms with van der Waals surface area (Å²) in [6, 6.07) is 7.86. The second kappa shape index (κ2) is 15.4. The van der Waals surface area contributed by atoms with Crippen molar-refractivity contribution in [1.29, 1.82) is 0 Å². The predicted molar refractivity (Wildman–Crippen MR) is 126 cm³/mol. The van der Waals surface area contributed by atoms with Gasteiger partial charge in [0.05, 0.1) is 5.70 Å². The highest BCUT2D eigenvalue weighted by atomic mass is 16.1. The minimum atomic E-state index is 0.00806. The Hall–Kier alpha value is -2.62. The van der Waals surface area contributed by atoms with E-state index in [1.807, 2.05) is 93.8 Å². The van der Waals surface area contributed by atoms with Crippen LogP contribution < -0.4 is 10.6 Å². The number of fused-ring (bicyclic) bond motifs is 1. The Morgan fingerprint density at radius 1 is 0.929 bits per heavy atom. The van der Waals surface area contributed by atoms with Gasteiger partial charge in [-0.3, -0.25) is 4.79 Å². The van der Waals surface area contributed by atoms with Crippen LogP contribution >= 0.6 is 0 Å². The van der Waals surface area contributed by atoms with E-state index in [-0.39, 0.29) is 5.78 Å². The molecule has 1 aromatic carbocycles. The molecule has 4 nitrogen and oxygen atoms in total. The SMILES string of the molecule is C=C1Nc2ccc(C)cc2C1=O.CC.CC.CC.CNc1ncc(C)cc1C. The van der Waals surface area contributed by atoms with Crippen molar-refractivity contribution in [2.24, 2.45) is 0 Å². The maximum Gasteiger partial charge on any atom is 0.210 e. The lowest BCUT2D eigenvalue weighted by Gasteiger charge is -2.02. The second-order valence-electron chi connectivity index (χ2n) is 5.41. The zero-order valence-corrected chi connectivity index (χ0v) is 19.4. The number of aromatic nitrogens is 1. The molecule has 0 unspecified atom stereocenters. The van der Waals surface area contributed by atoms with E-state index in [1.54, 1.807) is 0 Å². The monoisotopic (exact) mass is 385 g/mol. The van der Waals surface area contributed by atoms with Crippen molar-refractivity contribution < 1.29 is 4.79 Å². The maximum atomic E-state index is 11.4. The third-order valence-corrected chi connectivity index (χ3v) is 3.43. The quantitative estimate of drug-likeness (QED) is 0.522. The second-order valence-corrected chi connectivity index (χ2v) is 5.41. The highest BCUT2D eigenvalue weighted by Gasteiger charge is 2.22. The maximum absolute atomic E-state index is 11.4. The molecule has 28 heavy (non-hydrogen) atoms. The molecule has 0 saturated carbocycles. The van der Waals surface area contributed by atoms with Gasteiger partial charge in [-0.1, -0.05) is 65.8 Å². The number of nitrogens with zero attached hydrogens (tertiary/aromatic N) is 1. The van der Waals surface area contributed by atoms with Crippen molar-refractivity contribution in [3.8, 4) is 0 Å². The van der Waals surface area contributed by atoms with Crippen molar-refractivity contribution in [2.75, 3.05) is 17.7 Å². The molecule has 0 fully saturated rings. The largest absolute Gasteiger partial charge is 0.373 e. The van der Waals surface area contributed by atoms with Crippen LogP contribution in [0.25, 0.3) is 0 Å². The molecule has 0 aliphatic carbocycles. The lowest BCUT2D eigenvalue weighted by Crippen LogP contribution is -1.96. The van der Waals surface area contributed by atoms with E-state index in [9.17, 15) is 4.79 Å². The number of carbonyl (C=O) groups is 1. The summed E-state index contributed by atoms with van der Waals surface area (Å²) in [4.78, 5) is 15.6. The van der Waals surface area contributed by atoms with E-state index in [4.69, 9.17) is 0 Å². The minimum absolute atomic E-state index is 0.00806. The number of allylic oxidation sites excluding steroid dienone is 1. The summed E-state index contributed by atoms with van der Waals surface area (Å²) in [6.07, 6.45) is 1.86. The van der Waals surface area contributed by atoms with Crippen molar-refractivity contribution in [2.45, 2.75) is 62.3 Å². The smallest absolute Gasteiger partial charge is 0.210 e. The molecule has 0 saturated heterocycles. The van der Waals surface area contributed by atoms with Gasteiger partial charge in [0.15, 0.2) is 0 Å². The fourth-order valence-corrected chi connectivity index (χ4v) is 2.31. The number of carbonyl (C=O) groups excluding carboxylic acids is 1. The molecule has 0 bridgehead atoms. The Morgan fingerprint density at radius 2 is 1.50 bits per heavy atom. The highest BCUT2D eigenvalue weighted by Crippen LogP contribution is 2.27. The van der Waals surface area contributed by atoms with Crippen molar-refractivity contribution in [1.82, 2.24) is 4.98 Å². The number of aryl methyl sites for hydroxylation is 3. The topological polar surface area (TPSA) is 54.0 Å². The van der Waals surface area contributed by atoms with Gasteiger partial charge >= 0.3 is 0 Å². The molecule has 3 rings (SSSR count). The summed E-state index contributed by atoms with van der Waals surface area (Å²) in [5.41, 5.74) is 5.57. The average Bonchev–Trinajstić information content (AvgIpc) is 3.01. The van der Waals surface area contributed by atoms with E-state index in [2.05, 4.69) is 28.3 Å². The molecule has 1 aliphatic rings. The first-order chi connectivity index (χ1) is 13.4. The van der Waals surface area contributed by atoms with Crippen LogP contribution in [0.5, 0.6) is 0 Å². The van der Waals surface area contributed by atoms with Crippen LogP contribution in [0, 0.1) is 20.8 Å². The van der Waals surface area contributed by atoms with E-state index in [0.29, 0.717) is 5.70 Å². The van der Waals surface area contributed by atoms with Gasteiger partial charge in [-0.25, -0.2) is 4.98 Å². The van der Waals surface area contributed by atoms with Crippen molar-refractivity contribution in [3.05, 3.63) is 65.0 Å². The number of benzene rings is 1. The van der Waals surface area contributed by atoms with Gasteiger partial charge in [0.1, 0.15) is 5.82 Å². The average molecular weight is 386 g/mol. The normalized spacial score (nSPS) is 10.2. The summed E-state index contributed by atoms with van der Waals surface area (Å²) in [7, 11) is 1.88. The molecule has 0 radical (unpaired) electrons. The lowest BCUT2D eigenvalue weighted by atomic mass is 10.1. The summed E-state index contributed by atoms with van der Waals surface area (Å²) < 4.78 is 0. The molecule has 0 amide bonds. The zero-order valence-electron chi connectivity index (χ0n) is 19.4. The molecule has 2 aromatic rings. The molecule has 0 spiro atoms. The van der Waals surface area contributed by atoms with Crippen LogP contribution in [0.1, 0.15) is 68.6 Å². The molecular weight excluding hydrogens is 346 g/mol. The summed E-state index contributed by atoms with van der Waals surface area (Å²) in [6.45, 7) is 21.7. The number of hydrogen-bond donors (Lipinski definition) is 2. The number of pyridine rings is 1. The standard InChI is InChI=1S/C10H9NO.C8H12N2.3C2H6/c1-6-3-4-9-8(5-6)10(12)7(2)11-9;1-6-4-7(2)8(9-3)10-5-6;3*1-2/h3-5,11H,2H2,1H3;4-5H,1-3H3,(H,9,10);3*1-2H3. The van der Waals surface area contributed by atoms with Crippen LogP contribution in [0.3, 0.4) is 0 Å². The third-order valence-electron chi connectivity index (χ3n) is 3.43. The Labute approximate surface area is 172 Å². The molecule has 156 valence electrons. The number of rotatable bonds is 1. The minimum Gasteiger partial charge on any atom is -0.373 e. The van der Waals surface area contributed by atoms with Crippen LogP contribution in [-0.2, 0) is 0 Å². The molecule has 0 atom stereocenters. The van der Waals surface area contributed by atoms with Crippen molar-refractivity contribution in [3.63, 3.8) is 0 Å². The van der Waals surface area contributed by atoms with Gasteiger partial charge in [0.25, 0.3) is 0 Å². The number of Topliss-reactive ketones (excluding diaryl/α,β-unsaturated/α-hetero) is 1. The van der Waals surface area contributed by atoms with E-state index >= 15 is 0 Å². The molecule has 2 N–H and O–H groups in total. The van der Waals surface area contributed by atoms with Gasteiger partial charge in [0.2, 0.25) is 5.78 Å². The first-order valence-electron chi connectivity index (χ1n) is 10.1. The summed E-state index contributed by atoms with van der Waals surface area (Å²) >= 11 is 0. The molecule has 1 aromatic heterocycles. The Bertz CT molecular complexity index is 737. The fraction of sp³-hybridized carbons (Fsp3) is 0.417. The number of nitrogens with one attached hydrogen (secondary N) is 2. The third kappa shape index (κ3) is 8.38. The van der Waals surface area contributed by atoms with E-state index in [0.717, 1.165) is 22.6 Å². The van der Waals surface area contributed by atoms with Gasteiger partial charge < -0.3 is 10.6 Å². The predicted octanol–water partition coefficient (Wildman–Crippen LogP) is 6.94. The lowest BCUT2D eigenvalue weighted by molar-refractivity contribution is 0.104. The Morgan fingerprint density at radius 3 is 2.00 bits per heavy atom. The van der Waals surface area contributed by atoms with E-state index < -0.39 is 0 Å². The Balaban J connectivity index is 0. The molecule has 2 heterocycles. The zero-order chi connectivity index (χ0) is 22.3. The Kier molecular flexibility index (Phi) is 15.2. The van der Waals surface area contributed by atoms with Crippen LogP contribution in [0.2, 0.25) is 0 Å². The number of anilines is 2. The number of hydrogen-bond acceptors (Lipinski definition) is 4. The van der Waals surface area contributed by atoms with Gasteiger partial charge in [-0.05, 0) is 44.0 Å². The summed E-state index contributed by atoms with van der Waals surface area (Å²) in [5, 5.41) is 5.94. The van der Waals surface area contributed by atoms with Crippen LogP contribution in [-0.4, -0.2) is 17.8 Å². The molecule has 1 aliphatic heterocycles. The highest BCUT2D eigenvalue weighted by molar-refractivity contribution is 6.18. The van der Waals surface area contributed by atoms with Gasteiger partial charge in [-0.15, -0.1) is 0 Å². The molecular formula is C24H39N3O. The van der Waals surface area contributed by atoms with Crippen LogP contribution in [0.15, 0.2) is 42.7 Å². The van der Waals surface area contributed by atoms with Crippen LogP contribution in [0.4, 0.5) is 11.5 Å². The fourth-order valence-electron chi connectivity index (χ4n) is 2.31. The van der Waals surface area contributed by atoms with E-state index in [1.165, 1.54) is 11.1 Å². The van der Waals surface area contributed by atoms with Crippen molar-refractivity contribution >= 4 is 17.3 Å². The first kappa shape index (κ1) is 27.6.